The molecule has 0 aliphatic heterocycles. The van der Waals surface area contributed by atoms with Crippen molar-refractivity contribution >= 4 is 42.1 Å². The van der Waals surface area contributed by atoms with E-state index in [-0.39, 0.29) is 10.5 Å². The Hall–Kier alpha value is -1.51. The maximum absolute atomic E-state index is 12.3. The molecule has 0 unspecified atom stereocenters. The molecular weight excluding hydrogens is 400 g/mol. The van der Waals surface area contributed by atoms with Crippen molar-refractivity contribution < 1.29 is 8.42 Å². The predicted molar refractivity (Wildman–Crippen MR) is 94.1 cm³/mol. The summed E-state index contributed by atoms with van der Waals surface area (Å²) in [7, 11) is -3.25. The molecule has 0 saturated carbocycles. The van der Waals surface area contributed by atoms with Crippen LogP contribution >= 0.6 is 27.3 Å². The van der Waals surface area contributed by atoms with Crippen molar-refractivity contribution in [2.24, 2.45) is 0 Å². The SMILES string of the molecule is Cc1sc2nc(Cc3cccc(S(C)(=O)=O)c3)cc(=O)n2c1Br. The summed E-state index contributed by atoms with van der Waals surface area (Å²) in [6.07, 6.45) is 1.58. The molecule has 8 heteroatoms. The molecular formula is C15H13BrN2O3S2. The molecule has 0 amide bonds. The van der Waals surface area contributed by atoms with Crippen LogP contribution in [-0.2, 0) is 16.3 Å². The second-order valence-corrected chi connectivity index (χ2v) is 9.20. The fourth-order valence-corrected chi connectivity index (χ4v) is 4.56. The van der Waals surface area contributed by atoms with Crippen LogP contribution < -0.4 is 5.56 Å². The van der Waals surface area contributed by atoms with E-state index in [1.807, 2.05) is 13.0 Å². The highest BCUT2D eigenvalue weighted by molar-refractivity contribution is 9.10. The number of rotatable bonds is 3. The highest BCUT2D eigenvalue weighted by Crippen LogP contribution is 2.24. The minimum Gasteiger partial charge on any atom is -0.269 e. The van der Waals surface area contributed by atoms with Crippen LogP contribution in [0.25, 0.3) is 4.96 Å². The molecule has 0 fully saturated rings. The standard InChI is InChI=1S/C15H13BrN2O3S2/c1-9-14(16)18-13(19)8-11(17-15(18)22-9)6-10-4-3-5-12(7-10)23(2,20)21/h3-5,7-8H,6H2,1-2H3. The molecule has 2 aromatic heterocycles. The van der Waals surface area contributed by atoms with Crippen LogP contribution in [0.5, 0.6) is 0 Å². The highest BCUT2D eigenvalue weighted by atomic mass is 79.9. The lowest BCUT2D eigenvalue weighted by Crippen LogP contribution is -2.14. The zero-order valence-electron chi connectivity index (χ0n) is 12.4. The van der Waals surface area contributed by atoms with E-state index in [0.29, 0.717) is 17.1 Å². The predicted octanol–water partition coefficient (Wildman–Crippen LogP) is 2.82. The zero-order valence-corrected chi connectivity index (χ0v) is 15.6. The van der Waals surface area contributed by atoms with Gasteiger partial charge in [0.05, 0.1) is 10.6 Å². The summed E-state index contributed by atoms with van der Waals surface area (Å²) < 4.78 is 25.5. The lowest BCUT2D eigenvalue weighted by molar-refractivity contribution is 0.601. The Labute approximate surface area is 145 Å². The van der Waals surface area contributed by atoms with Crippen LogP contribution in [0.4, 0.5) is 0 Å². The average Bonchev–Trinajstić information content (AvgIpc) is 2.73. The van der Waals surface area contributed by atoms with E-state index in [0.717, 1.165) is 15.0 Å². The summed E-state index contributed by atoms with van der Waals surface area (Å²) in [6.45, 7) is 1.91. The molecule has 3 rings (SSSR count). The van der Waals surface area contributed by atoms with Gasteiger partial charge in [-0.15, -0.1) is 11.3 Å². The number of thiazole rings is 1. The van der Waals surface area contributed by atoms with E-state index in [9.17, 15) is 13.2 Å². The quantitative estimate of drug-likeness (QED) is 0.662. The van der Waals surface area contributed by atoms with Gasteiger partial charge < -0.3 is 0 Å². The molecule has 3 aromatic rings. The van der Waals surface area contributed by atoms with E-state index in [2.05, 4.69) is 20.9 Å². The molecule has 1 aromatic carbocycles. The van der Waals surface area contributed by atoms with Crippen LogP contribution in [0.3, 0.4) is 0 Å². The number of aryl methyl sites for hydroxylation is 1. The third-order valence-corrected chi connectivity index (χ3v) is 6.66. The summed E-state index contributed by atoms with van der Waals surface area (Å²) >= 11 is 4.83. The average molecular weight is 413 g/mol. The van der Waals surface area contributed by atoms with Gasteiger partial charge in [-0.25, -0.2) is 17.8 Å². The van der Waals surface area contributed by atoms with E-state index < -0.39 is 9.84 Å². The molecule has 0 atom stereocenters. The van der Waals surface area contributed by atoms with Gasteiger partial charge in [0.15, 0.2) is 14.8 Å². The van der Waals surface area contributed by atoms with Crippen LogP contribution in [0.2, 0.25) is 0 Å². The molecule has 0 radical (unpaired) electrons. The third kappa shape index (κ3) is 3.24. The van der Waals surface area contributed by atoms with E-state index in [4.69, 9.17) is 0 Å². The molecule has 120 valence electrons. The van der Waals surface area contributed by atoms with Gasteiger partial charge >= 0.3 is 0 Å². The van der Waals surface area contributed by atoms with Crippen molar-refractivity contribution in [1.82, 2.24) is 9.38 Å². The smallest absolute Gasteiger partial charge is 0.259 e. The number of halogens is 1. The van der Waals surface area contributed by atoms with Crippen molar-refractivity contribution in [3.8, 4) is 0 Å². The van der Waals surface area contributed by atoms with E-state index in [1.165, 1.54) is 28.1 Å². The van der Waals surface area contributed by atoms with Gasteiger partial charge in [0.2, 0.25) is 0 Å². The van der Waals surface area contributed by atoms with Gasteiger partial charge in [-0.3, -0.25) is 4.79 Å². The van der Waals surface area contributed by atoms with Crippen LogP contribution in [0.1, 0.15) is 16.1 Å². The van der Waals surface area contributed by atoms with Gasteiger partial charge in [0.25, 0.3) is 5.56 Å². The Bertz CT molecular complexity index is 1070. The Balaban J connectivity index is 2.04. The first-order valence-corrected chi connectivity index (χ1v) is 10.2. The molecule has 2 heterocycles. The molecule has 23 heavy (non-hydrogen) atoms. The molecule has 0 aliphatic carbocycles. The number of hydrogen-bond acceptors (Lipinski definition) is 5. The fraction of sp³-hybridized carbons (Fsp3) is 0.200. The fourth-order valence-electron chi connectivity index (χ4n) is 2.28. The number of aromatic nitrogens is 2. The van der Waals surface area contributed by atoms with Gasteiger partial charge in [0, 0.05) is 23.6 Å². The Morgan fingerprint density at radius 1 is 1.30 bits per heavy atom. The normalized spacial score (nSPS) is 12.0. The summed E-state index contributed by atoms with van der Waals surface area (Å²) in [5.74, 6) is 0. The van der Waals surface area contributed by atoms with Gasteiger partial charge in [-0.1, -0.05) is 12.1 Å². The Morgan fingerprint density at radius 3 is 2.74 bits per heavy atom. The highest BCUT2D eigenvalue weighted by Gasteiger charge is 2.12. The van der Waals surface area contributed by atoms with Crippen molar-refractivity contribution in [1.29, 1.82) is 0 Å². The van der Waals surface area contributed by atoms with Crippen molar-refractivity contribution in [2.45, 2.75) is 18.2 Å². The number of hydrogen-bond donors (Lipinski definition) is 0. The summed E-state index contributed by atoms with van der Waals surface area (Å²) in [6, 6.07) is 8.19. The van der Waals surface area contributed by atoms with Crippen molar-refractivity contribution in [3.63, 3.8) is 0 Å². The number of nitrogens with zero attached hydrogens (tertiary/aromatic N) is 2. The molecule has 5 nitrogen and oxygen atoms in total. The summed E-state index contributed by atoms with van der Waals surface area (Å²) in [5.41, 5.74) is 1.27. The second-order valence-electron chi connectivity index (χ2n) is 5.25. The largest absolute Gasteiger partial charge is 0.269 e. The summed E-state index contributed by atoms with van der Waals surface area (Å²) in [5, 5.41) is 0. The lowest BCUT2D eigenvalue weighted by Gasteiger charge is -2.04. The molecule has 0 N–H and O–H groups in total. The number of sulfone groups is 1. The first-order valence-electron chi connectivity index (χ1n) is 6.72. The number of benzene rings is 1. The lowest BCUT2D eigenvalue weighted by atomic mass is 10.1. The molecule has 0 spiro atoms. The van der Waals surface area contributed by atoms with Gasteiger partial charge in [-0.05, 0) is 40.5 Å². The van der Waals surface area contributed by atoms with Crippen molar-refractivity contribution in [2.75, 3.05) is 6.26 Å². The van der Waals surface area contributed by atoms with Gasteiger partial charge in [-0.2, -0.15) is 0 Å². The first kappa shape index (κ1) is 16.4. The Kier molecular flexibility index (Phi) is 4.16. The van der Waals surface area contributed by atoms with Gasteiger partial charge in [0.1, 0.15) is 4.60 Å². The van der Waals surface area contributed by atoms with E-state index >= 15 is 0 Å². The van der Waals surface area contributed by atoms with Crippen LogP contribution in [0.15, 0.2) is 44.6 Å². The third-order valence-electron chi connectivity index (χ3n) is 3.38. The first-order chi connectivity index (χ1) is 10.8. The minimum absolute atomic E-state index is 0.152. The molecule has 0 aliphatic rings. The maximum Gasteiger partial charge on any atom is 0.259 e. The van der Waals surface area contributed by atoms with Crippen LogP contribution in [0, 0.1) is 6.92 Å². The topological polar surface area (TPSA) is 68.5 Å². The molecule has 0 saturated heterocycles. The Morgan fingerprint density at radius 2 is 2.04 bits per heavy atom. The second kappa shape index (κ2) is 5.85. The van der Waals surface area contributed by atoms with E-state index in [1.54, 1.807) is 18.2 Å². The number of fused-ring (bicyclic) bond motifs is 1. The zero-order chi connectivity index (χ0) is 16.8. The van der Waals surface area contributed by atoms with Crippen molar-refractivity contribution in [3.05, 3.63) is 61.4 Å². The van der Waals surface area contributed by atoms with Crippen LogP contribution in [-0.4, -0.2) is 24.1 Å². The summed E-state index contributed by atoms with van der Waals surface area (Å²) in [4.78, 5) is 18.6. The minimum atomic E-state index is -3.25. The maximum atomic E-state index is 12.3. The monoisotopic (exact) mass is 412 g/mol. The molecule has 0 bridgehead atoms.